The number of carbonyl (C=O) groups is 2. The van der Waals surface area contributed by atoms with Gasteiger partial charge in [-0.3, -0.25) is 9.59 Å². The first-order valence-corrected chi connectivity index (χ1v) is 8.54. The normalized spacial score (nSPS) is 18.1. The Balaban J connectivity index is 1.47. The largest absolute Gasteiger partial charge is 0.464 e. The van der Waals surface area contributed by atoms with E-state index in [-0.39, 0.29) is 17.6 Å². The standard InChI is InChI=1S/C20H18N2O4/c23-19(22-9-3-4-10-22)8-7-14-11-15(25-13-14)12-18-20(24)21-16-5-1-2-6-17(16)26-18/h1-2,5-8,11-13H,3-4,9-10H2,(H,21,24)/b8-7+,18-12-. The third kappa shape index (κ3) is 3.39. The van der Waals surface area contributed by atoms with Crippen LogP contribution < -0.4 is 10.1 Å². The molecule has 6 heteroatoms. The van der Waals surface area contributed by atoms with E-state index in [0.717, 1.165) is 31.5 Å². The number of furan rings is 1. The molecular formula is C20H18N2O4. The summed E-state index contributed by atoms with van der Waals surface area (Å²) in [5, 5.41) is 2.77. The lowest BCUT2D eigenvalue weighted by Gasteiger charge is -2.19. The first-order valence-electron chi connectivity index (χ1n) is 8.54. The third-order valence-corrected chi connectivity index (χ3v) is 4.33. The Hall–Kier alpha value is -3.28. The number of carbonyl (C=O) groups excluding carboxylic acids is 2. The maximum absolute atomic E-state index is 12.1. The predicted octanol–water partition coefficient (Wildman–Crippen LogP) is 3.29. The minimum absolute atomic E-state index is 0.00945. The summed E-state index contributed by atoms with van der Waals surface area (Å²) < 4.78 is 11.1. The smallest absolute Gasteiger partial charge is 0.291 e. The van der Waals surface area contributed by atoms with Gasteiger partial charge in [0.05, 0.1) is 12.0 Å². The van der Waals surface area contributed by atoms with Crippen LogP contribution in [0.5, 0.6) is 5.75 Å². The van der Waals surface area contributed by atoms with Gasteiger partial charge in [-0.2, -0.15) is 0 Å². The van der Waals surface area contributed by atoms with Crippen molar-refractivity contribution in [3.63, 3.8) is 0 Å². The van der Waals surface area contributed by atoms with Crippen molar-refractivity contribution in [3.8, 4) is 5.75 Å². The van der Waals surface area contributed by atoms with Crippen molar-refractivity contribution in [2.75, 3.05) is 18.4 Å². The van der Waals surface area contributed by atoms with Crippen LogP contribution in [0.2, 0.25) is 0 Å². The quantitative estimate of drug-likeness (QED) is 0.862. The van der Waals surface area contributed by atoms with Crippen molar-refractivity contribution < 1.29 is 18.7 Å². The van der Waals surface area contributed by atoms with Crippen molar-refractivity contribution in [2.45, 2.75) is 12.8 Å². The molecule has 6 nitrogen and oxygen atoms in total. The Morgan fingerprint density at radius 3 is 2.85 bits per heavy atom. The maximum Gasteiger partial charge on any atom is 0.291 e. The molecule has 132 valence electrons. The molecule has 0 saturated carbocycles. The van der Waals surface area contributed by atoms with Crippen LogP contribution in [0.1, 0.15) is 24.2 Å². The zero-order valence-corrected chi connectivity index (χ0v) is 14.1. The van der Waals surface area contributed by atoms with Crippen molar-refractivity contribution in [3.05, 3.63) is 59.8 Å². The second-order valence-corrected chi connectivity index (χ2v) is 6.21. The van der Waals surface area contributed by atoms with Gasteiger partial charge in [0.1, 0.15) is 5.76 Å². The number of likely N-dealkylation sites (tertiary alicyclic amines) is 1. The van der Waals surface area contributed by atoms with Crippen LogP contribution in [0, 0.1) is 0 Å². The van der Waals surface area contributed by atoms with E-state index in [2.05, 4.69) is 5.32 Å². The molecule has 2 amide bonds. The van der Waals surface area contributed by atoms with E-state index in [1.54, 1.807) is 30.4 Å². The fourth-order valence-corrected chi connectivity index (χ4v) is 2.97. The highest BCUT2D eigenvalue weighted by molar-refractivity contribution is 6.08. The summed E-state index contributed by atoms with van der Waals surface area (Å²) in [5.41, 5.74) is 1.39. The molecule has 1 aromatic carbocycles. The molecule has 0 aliphatic carbocycles. The molecule has 0 unspecified atom stereocenters. The first-order chi connectivity index (χ1) is 12.7. The molecule has 1 N–H and O–H groups in total. The van der Waals surface area contributed by atoms with E-state index in [0.29, 0.717) is 17.2 Å². The molecule has 1 saturated heterocycles. The van der Waals surface area contributed by atoms with Gasteiger partial charge in [-0.25, -0.2) is 0 Å². The maximum atomic E-state index is 12.1. The van der Waals surface area contributed by atoms with Gasteiger partial charge in [-0.15, -0.1) is 0 Å². The van der Waals surface area contributed by atoms with Gasteiger partial charge in [-0.05, 0) is 37.1 Å². The zero-order chi connectivity index (χ0) is 17.9. The Morgan fingerprint density at radius 1 is 1.19 bits per heavy atom. The molecule has 0 radical (unpaired) electrons. The lowest BCUT2D eigenvalue weighted by atomic mass is 10.2. The molecule has 4 rings (SSSR count). The van der Waals surface area contributed by atoms with Gasteiger partial charge in [0.2, 0.25) is 5.91 Å². The Kier molecular flexibility index (Phi) is 4.31. The molecule has 0 bridgehead atoms. The second kappa shape index (κ2) is 6.92. The number of benzene rings is 1. The average Bonchev–Trinajstić information content (AvgIpc) is 3.32. The first kappa shape index (κ1) is 16.2. The van der Waals surface area contributed by atoms with E-state index >= 15 is 0 Å². The van der Waals surface area contributed by atoms with Crippen LogP contribution in [0.25, 0.3) is 12.2 Å². The van der Waals surface area contributed by atoms with Crippen LogP contribution in [-0.2, 0) is 9.59 Å². The fraction of sp³-hybridized carbons (Fsp3) is 0.200. The van der Waals surface area contributed by atoms with Crippen molar-refractivity contribution in [1.29, 1.82) is 0 Å². The third-order valence-electron chi connectivity index (χ3n) is 4.33. The Bertz CT molecular complexity index is 904. The molecule has 2 aliphatic rings. The van der Waals surface area contributed by atoms with Crippen molar-refractivity contribution in [2.24, 2.45) is 0 Å². The van der Waals surface area contributed by atoms with E-state index in [1.807, 2.05) is 17.0 Å². The number of para-hydroxylation sites is 2. The highest BCUT2D eigenvalue weighted by Crippen LogP contribution is 2.31. The number of fused-ring (bicyclic) bond motifs is 1. The van der Waals surface area contributed by atoms with Gasteiger partial charge in [-0.1, -0.05) is 12.1 Å². The summed E-state index contributed by atoms with van der Waals surface area (Å²) in [4.78, 5) is 26.0. The number of anilines is 1. The Morgan fingerprint density at radius 2 is 2.00 bits per heavy atom. The summed E-state index contributed by atoms with van der Waals surface area (Å²) in [7, 11) is 0. The topological polar surface area (TPSA) is 71.8 Å². The van der Waals surface area contributed by atoms with Crippen LogP contribution in [-0.4, -0.2) is 29.8 Å². The number of hydrogen-bond acceptors (Lipinski definition) is 4. The highest BCUT2D eigenvalue weighted by Gasteiger charge is 2.22. The number of nitrogens with one attached hydrogen (secondary N) is 1. The summed E-state index contributed by atoms with van der Waals surface area (Å²) in [6.45, 7) is 1.64. The number of amides is 2. The lowest BCUT2D eigenvalue weighted by Crippen LogP contribution is -2.25. The van der Waals surface area contributed by atoms with Crippen LogP contribution >= 0.6 is 0 Å². The van der Waals surface area contributed by atoms with E-state index in [9.17, 15) is 9.59 Å². The molecule has 2 aliphatic heterocycles. The number of rotatable bonds is 3. The van der Waals surface area contributed by atoms with Gasteiger partial charge in [0.25, 0.3) is 5.91 Å². The minimum atomic E-state index is -0.332. The molecule has 1 fully saturated rings. The average molecular weight is 350 g/mol. The van der Waals surface area contributed by atoms with Gasteiger partial charge < -0.3 is 19.4 Å². The molecule has 0 spiro atoms. The highest BCUT2D eigenvalue weighted by atomic mass is 16.5. The van der Waals surface area contributed by atoms with Crippen LogP contribution in [0.15, 0.2) is 52.8 Å². The molecule has 0 atom stereocenters. The fourth-order valence-electron chi connectivity index (χ4n) is 2.97. The van der Waals surface area contributed by atoms with Crippen LogP contribution in [0.4, 0.5) is 5.69 Å². The van der Waals surface area contributed by atoms with Gasteiger partial charge in [0.15, 0.2) is 11.5 Å². The summed E-state index contributed by atoms with van der Waals surface area (Å²) in [5.74, 6) is 0.891. The molecule has 26 heavy (non-hydrogen) atoms. The SMILES string of the molecule is O=C1Nc2ccccc2O/C1=C\c1cc(/C=C/C(=O)N2CCCC2)co1. The number of hydrogen-bond donors (Lipinski definition) is 1. The summed E-state index contributed by atoms with van der Waals surface area (Å²) in [6.07, 6.45) is 8.46. The minimum Gasteiger partial charge on any atom is -0.464 e. The van der Waals surface area contributed by atoms with E-state index in [4.69, 9.17) is 9.15 Å². The molecule has 2 aromatic rings. The summed E-state index contributed by atoms with van der Waals surface area (Å²) >= 11 is 0. The number of nitrogens with zero attached hydrogens (tertiary/aromatic N) is 1. The summed E-state index contributed by atoms with van der Waals surface area (Å²) in [6, 6.07) is 8.96. The zero-order valence-electron chi connectivity index (χ0n) is 14.1. The number of ether oxygens (including phenoxy) is 1. The van der Waals surface area contributed by atoms with Crippen molar-refractivity contribution in [1.82, 2.24) is 4.90 Å². The predicted molar refractivity (Wildman–Crippen MR) is 97.2 cm³/mol. The molecule has 3 heterocycles. The lowest BCUT2D eigenvalue weighted by molar-refractivity contribution is -0.124. The molecule has 1 aromatic heterocycles. The van der Waals surface area contributed by atoms with Crippen LogP contribution in [0.3, 0.4) is 0 Å². The van der Waals surface area contributed by atoms with Crippen molar-refractivity contribution >= 4 is 29.7 Å². The Labute approximate surface area is 150 Å². The van der Waals surface area contributed by atoms with Gasteiger partial charge in [0, 0.05) is 30.8 Å². The second-order valence-electron chi connectivity index (χ2n) is 6.21. The van der Waals surface area contributed by atoms with E-state index < -0.39 is 0 Å². The van der Waals surface area contributed by atoms with E-state index in [1.165, 1.54) is 12.3 Å². The van der Waals surface area contributed by atoms with Gasteiger partial charge >= 0.3 is 0 Å². The molecular weight excluding hydrogens is 332 g/mol. The monoisotopic (exact) mass is 350 g/mol.